The summed E-state index contributed by atoms with van der Waals surface area (Å²) in [6.45, 7) is 11.4. The van der Waals surface area contributed by atoms with E-state index in [4.69, 9.17) is 9.47 Å². The molecule has 4 nitrogen and oxygen atoms in total. The Morgan fingerprint density at radius 1 is 0.562 bits per heavy atom. The van der Waals surface area contributed by atoms with Crippen LogP contribution in [0.2, 0.25) is 0 Å². The van der Waals surface area contributed by atoms with Crippen molar-refractivity contribution in [3.8, 4) is 0 Å². The molecule has 0 rings (SSSR count). The molecule has 0 aromatic carbocycles. The molecule has 0 radical (unpaired) electrons. The van der Waals surface area contributed by atoms with E-state index in [1.807, 2.05) is 47.6 Å². The summed E-state index contributed by atoms with van der Waals surface area (Å²) in [5, 5.41) is 0. The van der Waals surface area contributed by atoms with E-state index in [9.17, 15) is 9.59 Å². The first kappa shape index (κ1) is 30.7. The van der Waals surface area contributed by atoms with Gasteiger partial charge in [0.15, 0.2) is 0 Å². The minimum absolute atomic E-state index is 0.0625. The van der Waals surface area contributed by atoms with Crippen LogP contribution >= 0.6 is 0 Å². The minimum Gasteiger partial charge on any atom is -0.460 e. The maximum absolute atomic E-state index is 11.6. The molecule has 32 heavy (non-hydrogen) atoms. The van der Waals surface area contributed by atoms with E-state index in [2.05, 4.69) is 0 Å². The summed E-state index contributed by atoms with van der Waals surface area (Å²) in [7, 11) is 0. The molecule has 0 heterocycles. The normalized spacial score (nSPS) is 12.3. The van der Waals surface area contributed by atoms with Gasteiger partial charge < -0.3 is 9.47 Å². The van der Waals surface area contributed by atoms with E-state index < -0.39 is 5.60 Å². The van der Waals surface area contributed by atoms with E-state index in [-0.39, 0.29) is 17.5 Å². The second-order valence-electron chi connectivity index (χ2n) is 11.0. The van der Waals surface area contributed by atoms with Crippen LogP contribution in [0.15, 0.2) is 12.2 Å². The lowest BCUT2D eigenvalue weighted by molar-refractivity contribution is -0.155. The lowest BCUT2D eigenvalue weighted by atomic mass is 10.0. The Kier molecular flexibility index (Phi) is 17.4. The topological polar surface area (TPSA) is 52.6 Å². The molecule has 0 fully saturated rings. The molecule has 0 spiro atoms. The van der Waals surface area contributed by atoms with Gasteiger partial charge in [-0.05, 0) is 60.8 Å². The van der Waals surface area contributed by atoms with Gasteiger partial charge >= 0.3 is 11.9 Å². The van der Waals surface area contributed by atoms with E-state index in [0.29, 0.717) is 6.42 Å². The van der Waals surface area contributed by atoms with Crippen molar-refractivity contribution in [3.05, 3.63) is 12.2 Å². The lowest BCUT2D eigenvalue weighted by Crippen LogP contribution is -2.23. The first-order valence-electron chi connectivity index (χ1n) is 13.1. The molecule has 188 valence electrons. The van der Waals surface area contributed by atoms with E-state index in [1.54, 1.807) is 6.08 Å². The predicted molar refractivity (Wildman–Crippen MR) is 135 cm³/mol. The molecule has 0 N–H and O–H groups in total. The van der Waals surface area contributed by atoms with Crippen LogP contribution in [0.5, 0.6) is 0 Å². The Bertz CT molecular complexity index is 509. The molecule has 0 aliphatic heterocycles. The molecule has 0 amide bonds. The van der Waals surface area contributed by atoms with Crippen LogP contribution in [0.25, 0.3) is 0 Å². The Hall–Kier alpha value is -1.32. The SMILES string of the molecule is CC(C)(C)OC(=O)C=CCCCCCCCCCCCCCCCCC(=O)OC(C)(C)C. The van der Waals surface area contributed by atoms with Crippen LogP contribution in [-0.4, -0.2) is 23.1 Å². The van der Waals surface area contributed by atoms with Gasteiger partial charge in [0, 0.05) is 12.5 Å². The van der Waals surface area contributed by atoms with E-state index in [0.717, 1.165) is 25.7 Å². The van der Waals surface area contributed by atoms with Gasteiger partial charge in [0.25, 0.3) is 0 Å². The maximum atomic E-state index is 11.6. The van der Waals surface area contributed by atoms with Crippen molar-refractivity contribution in [1.82, 2.24) is 0 Å². The molecular formula is C28H52O4. The highest BCUT2D eigenvalue weighted by molar-refractivity contribution is 5.82. The molecule has 0 aliphatic carbocycles. The monoisotopic (exact) mass is 452 g/mol. The van der Waals surface area contributed by atoms with Gasteiger partial charge in [0.05, 0.1) is 0 Å². The highest BCUT2D eigenvalue weighted by atomic mass is 16.6. The van der Waals surface area contributed by atoms with Crippen LogP contribution in [-0.2, 0) is 19.1 Å². The summed E-state index contributed by atoms with van der Waals surface area (Å²) in [4.78, 5) is 23.2. The van der Waals surface area contributed by atoms with Crippen molar-refractivity contribution in [1.29, 1.82) is 0 Å². The number of hydrogen-bond acceptors (Lipinski definition) is 4. The van der Waals surface area contributed by atoms with Gasteiger partial charge in [-0.2, -0.15) is 0 Å². The molecule has 0 bridgehead atoms. The number of hydrogen-bond donors (Lipinski definition) is 0. The molecular weight excluding hydrogens is 400 g/mol. The smallest absolute Gasteiger partial charge is 0.330 e. The first-order valence-corrected chi connectivity index (χ1v) is 13.1. The summed E-state index contributed by atoms with van der Waals surface area (Å²) in [5.74, 6) is -0.303. The zero-order valence-corrected chi connectivity index (χ0v) is 22.1. The highest BCUT2D eigenvalue weighted by Crippen LogP contribution is 2.15. The van der Waals surface area contributed by atoms with Crippen molar-refractivity contribution in [3.63, 3.8) is 0 Å². The molecule has 0 unspecified atom stereocenters. The standard InChI is InChI=1S/C28H52O4/c1-27(2,3)31-25(29)23-21-19-17-15-13-11-9-7-8-10-12-14-16-18-20-22-24-26(30)32-28(4,5)6/h21,23H,7-20,22,24H2,1-6H3. The Labute approximate surface area is 198 Å². The highest BCUT2D eigenvalue weighted by Gasteiger charge is 2.15. The van der Waals surface area contributed by atoms with Gasteiger partial charge in [0.2, 0.25) is 0 Å². The van der Waals surface area contributed by atoms with Gasteiger partial charge in [-0.25, -0.2) is 4.79 Å². The van der Waals surface area contributed by atoms with Crippen LogP contribution in [0.1, 0.15) is 144 Å². The van der Waals surface area contributed by atoms with Crippen molar-refractivity contribution in [2.45, 2.75) is 155 Å². The molecule has 0 saturated heterocycles. The number of carbonyl (C=O) groups excluding carboxylic acids is 2. The molecule has 0 atom stereocenters. The largest absolute Gasteiger partial charge is 0.460 e. The summed E-state index contributed by atoms with van der Waals surface area (Å²) in [6, 6.07) is 0. The molecule has 0 aromatic heterocycles. The van der Waals surface area contributed by atoms with Gasteiger partial charge in [0.1, 0.15) is 11.2 Å². The molecule has 4 heteroatoms. The van der Waals surface area contributed by atoms with Crippen molar-refractivity contribution >= 4 is 11.9 Å². The number of rotatable bonds is 18. The second-order valence-corrected chi connectivity index (χ2v) is 11.0. The zero-order valence-electron chi connectivity index (χ0n) is 22.1. The fourth-order valence-electron chi connectivity index (χ4n) is 3.56. The quantitative estimate of drug-likeness (QED) is 0.119. The Balaban J connectivity index is 3.29. The van der Waals surface area contributed by atoms with Gasteiger partial charge in [-0.15, -0.1) is 0 Å². The van der Waals surface area contributed by atoms with Crippen LogP contribution in [0.4, 0.5) is 0 Å². The third-order valence-corrected chi connectivity index (χ3v) is 5.08. The summed E-state index contributed by atoms with van der Waals surface area (Å²) >= 11 is 0. The van der Waals surface area contributed by atoms with Crippen molar-refractivity contribution < 1.29 is 19.1 Å². The average molecular weight is 453 g/mol. The number of ether oxygens (including phenoxy) is 2. The predicted octanol–water partition coefficient (Wildman–Crippen LogP) is 8.47. The first-order chi connectivity index (χ1) is 15.0. The Morgan fingerprint density at radius 3 is 1.34 bits per heavy atom. The fraction of sp³-hybridized carbons (Fsp3) is 0.857. The van der Waals surface area contributed by atoms with Gasteiger partial charge in [-0.3, -0.25) is 4.79 Å². The summed E-state index contributed by atoms with van der Waals surface area (Å²) in [5.41, 5.74) is -0.773. The number of carbonyl (C=O) groups is 2. The van der Waals surface area contributed by atoms with Crippen LogP contribution in [0, 0.1) is 0 Å². The molecule has 0 saturated carbocycles. The Morgan fingerprint density at radius 2 is 0.938 bits per heavy atom. The second kappa shape index (κ2) is 18.1. The molecule has 0 aromatic rings. The van der Waals surface area contributed by atoms with Crippen LogP contribution in [0.3, 0.4) is 0 Å². The third kappa shape index (κ3) is 24.9. The van der Waals surface area contributed by atoms with Gasteiger partial charge in [-0.1, -0.05) is 83.1 Å². The van der Waals surface area contributed by atoms with Crippen molar-refractivity contribution in [2.75, 3.05) is 0 Å². The van der Waals surface area contributed by atoms with E-state index in [1.165, 1.54) is 70.6 Å². The zero-order chi connectivity index (χ0) is 24.3. The van der Waals surface area contributed by atoms with E-state index >= 15 is 0 Å². The number of allylic oxidation sites excluding steroid dienone is 1. The average Bonchev–Trinajstić information content (AvgIpc) is 2.64. The minimum atomic E-state index is -0.411. The van der Waals surface area contributed by atoms with Crippen molar-refractivity contribution in [2.24, 2.45) is 0 Å². The number of unbranched alkanes of at least 4 members (excludes halogenated alkanes) is 14. The lowest BCUT2D eigenvalue weighted by Gasteiger charge is -2.19. The number of esters is 2. The maximum Gasteiger partial charge on any atom is 0.330 e. The third-order valence-electron chi connectivity index (χ3n) is 5.08. The fourth-order valence-corrected chi connectivity index (χ4v) is 3.56. The summed E-state index contributed by atoms with van der Waals surface area (Å²) in [6.07, 6.45) is 22.7. The molecule has 0 aliphatic rings. The van der Waals surface area contributed by atoms with Crippen LogP contribution < -0.4 is 0 Å². The summed E-state index contributed by atoms with van der Waals surface area (Å²) < 4.78 is 10.6.